The van der Waals surface area contributed by atoms with Crippen molar-refractivity contribution in [2.75, 3.05) is 26.2 Å². The molecule has 0 aromatic carbocycles. The Morgan fingerprint density at radius 3 is 2.19 bits per heavy atom. The molecule has 3 heteroatoms. The van der Waals surface area contributed by atoms with Crippen molar-refractivity contribution < 1.29 is 9.53 Å². The summed E-state index contributed by atoms with van der Waals surface area (Å²) in [6.45, 7) is 13.6. The molecule has 0 aromatic rings. The molecule has 0 heterocycles. The lowest BCUT2D eigenvalue weighted by molar-refractivity contribution is -0.154. The van der Waals surface area contributed by atoms with Crippen LogP contribution in [0.5, 0.6) is 0 Å². The third-order valence-electron chi connectivity index (χ3n) is 2.96. The molecular weight excluding hydrogens is 202 g/mol. The summed E-state index contributed by atoms with van der Waals surface area (Å²) in [7, 11) is 0. The van der Waals surface area contributed by atoms with E-state index in [4.69, 9.17) is 4.74 Å². The predicted molar refractivity (Wildman–Crippen MR) is 67.4 cm³/mol. The zero-order valence-electron chi connectivity index (χ0n) is 11.5. The first-order valence-corrected chi connectivity index (χ1v) is 6.37. The molecule has 0 aliphatic rings. The maximum Gasteiger partial charge on any atom is 0.311 e. The monoisotopic (exact) mass is 229 g/mol. The summed E-state index contributed by atoms with van der Waals surface area (Å²) in [5.74, 6) is -0.0680. The number of nitrogens with zero attached hydrogens (tertiary/aromatic N) is 1. The minimum absolute atomic E-state index is 0.0680. The van der Waals surface area contributed by atoms with Crippen LogP contribution in [0, 0.1) is 5.41 Å². The van der Waals surface area contributed by atoms with Gasteiger partial charge in [-0.1, -0.05) is 27.2 Å². The Balaban J connectivity index is 3.89. The van der Waals surface area contributed by atoms with Crippen LogP contribution >= 0.6 is 0 Å². The number of hydrogen-bond acceptors (Lipinski definition) is 3. The van der Waals surface area contributed by atoms with E-state index in [-0.39, 0.29) is 11.4 Å². The van der Waals surface area contributed by atoms with Crippen LogP contribution in [0.3, 0.4) is 0 Å². The van der Waals surface area contributed by atoms with Crippen LogP contribution in [0.25, 0.3) is 0 Å². The van der Waals surface area contributed by atoms with Crippen molar-refractivity contribution in [2.45, 2.75) is 47.5 Å². The highest BCUT2D eigenvalue weighted by Gasteiger charge is 2.27. The van der Waals surface area contributed by atoms with Crippen LogP contribution < -0.4 is 0 Å². The van der Waals surface area contributed by atoms with Gasteiger partial charge in [0.2, 0.25) is 0 Å². The summed E-state index contributed by atoms with van der Waals surface area (Å²) in [4.78, 5) is 14.0. The van der Waals surface area contributed by atoms with Gasteiger partial charge in [0.05, 0.1) is 5.41 Å². The lowest BCUT2D eigenvalue weighted by Gasteiger charge is -2.23. The molecule has 3 nitrogen and oxygen atoms in total. The molecule has 0 saturated carbocycles. The number of likely N-dealkylation sites (N-methyl/N-ethyl adjacent to an activating group) is 1. The Kier molecular flexibility index (Phi) is 7.39. The SMILES string of the molecule is CCCC(C)(C)C(=O)OCCN(CC)CC. The Morgan fingerprint density at radius 1 is 1.19 bits per heavy atom. The Labute approximate surface area is 100 Å². The predicted octanol–water partition coefficient (Wildman–Crippen LogP) is 2.70. The average Bonchev–Trinajstić information content (AvgIpc) is 2.24. The maximum atomic E-state index is 11.8. The van der Waals surface area contributed by atoms with Gasteiger partial charge in [-0.3, -0.25) is 4.79 Å². The number of esters is 1. The molecule has 16 heavy (non-hydrogen) atoms. The fourth-order valence-electron chi connectivity index (χ4n) is 1.73. The van der Waals surface area contributed by atoms with Gasteiger partial charge in [-0.2, -0.15) is 0 Å². The van der Waals surface area contributed by atoms with Gasteiger partial charge in [0.25, 0.3) is 0 Å². The van der Waals surface area contributed by atoms with Gasteiger partial charge in [0.1, 0.15) is 6.61 Å². The van der Waals surface area contributed by atoms with Crippen LogP contribution in [0.15, 0.2) is 0 Å². The summed E-state index contributed by atoms with van der Waals surface area (Å²) < 4.78 is 5.31. The zero-order chi connectivity index (χ0) is 12.6. The van der Waals surface area contributed by atoms with Crippen LogP contribution in [0.1, 0.15) is 47.5 Å². The average molecular weight is 229 g/mol. The van der Waals surface area contributed by atoms with Crippen LogP contribution in [-0.4, -0.2) is 37.1 Å². The van der Waals surface area contributed by atoms with Gasteiger partial charge in [-0.25, -0.2) is 0 Å². The van der Waals surface area contributed by atoms with Gasteiger partial charge in [-0.15, -0.1) is 0 Å². The molecule has 0 N–H and O–H groups in total. The molecular formula is C13H27NO2. The van der Waals surface area contributed by atoms with E-state index in [2.05, 4.69) is 25.7 Å². The first kappa shape index (κ1) is 15.4. The second kappa shape index (κ2) is 7.66. The van der Waals surface area contributed by atoms with Crippen LogP contribution in [0.2, 0.25) is 0 Å². The summed E-state index contributed by atoms with van der Waals surface area (Å²) >= 11 is 0. The van der Waals surface area contributed by atoms with Crippen molar-refractivity contribution in [1.82, 2.24) is 4.90 Å². The van der Waals surface area contributed by atoms with Crippen molar-refractivity contribution in [3.63, 3.8) is 0 Å². The second-order valence-corrected chi connectivity index (χ2v) is 4.80. The van der Waals surface area contributed by atoms with Gasteiger partial charge in [0, 0.05) is 6.54 Å². The first-order valence-electron chi connectivity index (χ1n) is 6.37. The fourth-order valence-corrected chi connectivity index (χ4v) is 1.73. The maximum absolute atomic E-state index is 11.8. The van der Waals surface area contributed by atoms with Crippen molar-refractivity contribution >= 4 is 5.97 Å². The molecule has 0 rings (SSSR count). The van der Waals surface area contributed by atoms with E-state index < -0.39 is 0 Å². The van der Waals surface area contributed by atoms with E-state index in [1.807, 2.05) is 13.8 Å². The van der Waals surface area contributed by atoms with Crippen molar-refractivity contribution in [2.24, 2.45) is 5.41 Å². The standard InChI is InChI=1S/C13H27NO2/c1-6-9-13(4,5)12(15)16-11-10-14(7-2)8-3/h6-11H2,1-5H3. The number of carbonyl (C=O) groups excluding carboxylic acids is 1. The molecule has 0 amide bonds. The third kappa shape index (κ3) is 5.50. The van der Waals surface area contributed by atoms with E-state index in [1.165, 1.54) is 0 Å². The van der Waals surface area contributed by atoms with Crippen molar-refractivity contribution in [1.29, 1.82) is 0 Å². The van der Waals surface area contributed by atoms with E-state index in [9.17, 15) is 4.79 Å². The van der Waals surface area contributed by atoms with E-state index in [1.54, 1.807) is 0 Å². The van der Waals surface area contributed by atoms with Gasteiger partial charge in [-0.05, 0) is 33.4 Å². The molecule has 0 spiro atoms. The lowest BCUT2D eigenvalue weighted by atomic mass is 9.88. The summed E-state index contributed by atoms with van der Waals surface area (Å²) in [5, 5.41) is 0. The Morgan fingerprint density at radius 2 is 1.75 bits per heavy atom. The minimum atomic E-state index is -0.335. The summed E-state index contributed by atoms with van der Waals surface area (Å²) in [6.07, 6.45) is 1.90. The van der Waals surface area contributed by atoms with Crippen LogP contribution in [-0.2, 0) is 9.53 Å². The molecule has 0 aliphatic heterocycles. The van der Waals surface area contributed by atoms with E-state index >= 15 is 0 Å². The van der Waals surface area contributed by atoms with E-state index in [0.29, 0.717) is 6.61 Å². The highest BCUT2D eigenvalue weighted by atomic mass is 16.5. The highest BCUT2D eigenvalue weighted by molar-refractivity contribution is 5.75. The van der Waals surface area contributed by atoms with Crippen molar-refractivity contribution in [3.05, 3.63) is 0 Å². The molecule has 96 valence electrons. The third-order valence-corrected chi connectivity index (χ3v) is 2.96. The highest BCUT2D eigenvalue weighted by Crippen LogP contribution is 2.23. The van der Waals surface area contributed by atoms with Gasteiger partial charge < -0.3 is 9.64 Å². The van der Waals surface area contributed by atoms with Gasteiger partial charge >= 0.3 is 5.97 Å². The molecule has 0 bridgehead atoms. The molecule has 0 saturated heterocycles. The molecule has 0 atom stereocenters. The first-order chi connectivity index (χ1) is 7.47. The fraction of sp³-hybridized carbons (Fsp3) is 0.923. The quantitative estimate of drug-likeness (QED) is 0.599. The largest absolute Gasteiger partial charge is 0.464 e. The molecule has 0 fully saturated rings. The topological polar surface area (TPSA) is 29.5 Å². The Hall–Kier alpha value is -0.570. The number of hydrogen-bond donors (Lipinski definition) is 0. The smallest absolute Gasteiger partial charge is 0.311 e. The Bertz CT molecular complexity index is 198. The van der Waals surface area contributed by atoms with E-state index in [0.717, 1.165) is 32.5 Å². The van der Waals surface area contributed by atoms with Crippen molar-refractivity contribution in [3.8, 4) is 0 Å². The van der Waals surface area contributed by atoms with Gasteiger partial charge in [0.15, 0.2) is 0 Å². The molecule has 0 unspecified atom stereocenters. The van der Waals surface area contributed by atoms with Crippen LogP contribution in [0.4, 0.5) is 0 Å². The molecule has 0 aromatic heterocycles. The molecule has 0 aliphatic carbocycles. The normalized spacial score (nSPS) is 11.9. The summed E-state index contributed by atoms with van der Waals surface area (Å²) in [6, 6.07) is 0. The number of rotatable bonds is 8. The zero-order valence-corrected chi connectivity index (χ0v) is 11.5. The minimum Gasteiger partial charge on any atom is -0.464 e. The second-order valence-electron chi connectivity index (χ2n) is 4.80. The number of ether oxygens (including phenoxy) is 1. The number of carbonyl (C=O) groups is 1. The summed E-state index contributed by atoms with van der Waals surface area (Å²) in [5.41, 5.74) is -0.335. The lowest BCUT2D eigenvalue weighted by Crippen LogP contribution is -2.31. The molecule has 0 radical (unpaired) electrons.